The highest BCUT2D eigenvalue weighted by molar-refractivity contribution is 5.94. The van der Waals surface area contributed by atoms with E-state index in [1.54, 1.807) is 33.0 Å². The van der Waals surface area contributed by atoms with Gasteiger partial charge in [-0.1, -0.05) is 0 Å². The first-order valence-electron chi connectivity index (χ1n) is 8.39. The second-order valence-corrected chi connectivity index (χ2v) is 6.87. The molecule has 1 atom stereocenters. The smallest absolute Gasteiger partial charge is 0.253 e. The lowest BCUT2D eigenvalue weighted by Gasteiger charge is -2.34. The maximum absolute atomic E-state index is 13.7. The van der Waals surface area contributed by atoms with Gasteiger partial charge in [-0.3, -0.25) is 9.69 Å². The molecular formula is C18H28FN3O2. The monoisotopic (exact) mass is 337 g/mol. The quantitative estimate of drug-likeness (QED) is 0.875. The Bertz CT molecular complexity index is 563. The summed E-state index contributed by atoms with van der Waals surface area (Å²) < 4.78 is 13.7. The molecule has 0 bridgehead atoms. The predicted molar refractivity (Wildman–Crippen MR) is 92.8 cm³/mol. The fourth-order valence-electron chi connectivity index (χ4n) is 3.08. The second kappa shape index (κ2) is 8.05. The van der Waals surface area contributed by atoms with Gasteiger partial charge in [-0.25, -0.2) is 4.39 Å². The van der Waals surface area contributed by atoms with Gasteiger partial charge in [0.05, 0.1) is 6.10 Å². The molecule has 0 spiro atoms. The van der Waals surface area contributed by atoms with E-state index in [1.165, 1.54) is 4.90 Å². The predicted octanol–water partition coefficient (Wildman–Crippen LogP) is 1.12. The van der Waals surface area contributed by atoms with Crippen molar-refractivity contribution in [2.75, 3.05) is 53.4 Å². The average Bonchev–Trinajstić information content (AvgIpc) is 2.53. The largest absolute Gasteiger partial charge is 0.390 e. The van der Waals surface area contributed by atoms with Gasteiger partial charge in [0.2, 0.25) is 0 Å². The first kappa shape index (κ1) is 18.8. The number of likely N-dealkylation sites (N-methyl/N-ethyl adjacent to an activating group) is 2. The number of carbonyl (C=O) groups excluding carboxylic acids is 1. The molecule has 1 fully saturated rings. The molecule has 1 aliphatic heterocycles. The third-order valence-corrected chi connectivity index (χ3v) is 4.58. The Labute approximate surface area is 143 Å². The van der Waals surface area contributed by atoms with E-state index in [1.807, 2.05) is 0 Å². The number of halogens is 1. The number of aliphatic hydroxyl groups excluding tert-OH is 1. The molecule has 6 heteroatoms. The summed E-state index contributed by atoms with van der Waals surface area (Å²) >= 11 is 0. The minimum absolute atomic E-state index is 0.196. The zero-order chi connectivity index (χ0) is 17.9. The van der Waals surface area contributed by atoms with Crippen LogP contribution in [0.1, 0.15) is 21.5 Å². The van der Waals surface area contributed by atoms with E-state index in [4.69, 9.17) is 0 Å². The van der Waals surface area contributed by atoms with Crippen molar-refractivity contribution in [3.63, 3.8) is 0 Å². The molecule has 2 rings (SSSR count). The Morgan fingerprint density at radius 2 is 1.79 bits per heavy atom. The number of nitrogens with zero attached hydrogens (tertiary/aromatic N) is 3. The minimum atomic E-state index is -0.593. The van der Waals surface area contributed by atoms with Crippen molar-refractivity contribution in [2.45, 2.75) is 20.0 Å². The van der Waals surface area contributed by atoms with Crippen molar-refractivity contribution < 1.29 is 14.3 Å². The summed E-state index contributed by atoms with van der Waals surface area (Å²) in [6.45, 7) is 7.99. The van der Waals surface area contributed by atoms with Crippen LogP contribution in [0.15, 0.2) is 12.1 Å². The van der Waals surface area contributed by atoms with Crippen molar-refractivity contribution in [1.29, 1.82) is 0 Å². The zero-order valence-electron chi connectivity index (χ0n) is 15.0. The summed E-state index contributed by atoms with van der Waals surface area (Å²) in [5.74, 6) is -0.470. The fraction of sp³-hybridized carbons (Fsp3) is 0.611. The van der Waals surface area contributed by atoms with Gasteiger partial charge >= 0.3 is 0 Å². The van der Waals surface area contributed by atoms with Crippen LogP contribution >= 0.6 is 0 Å². The number of hydrogen-bond donors (Lipinski definition) is 1. The molecule has 1 aliphatic rings. The summed E-state index contributed by atoms with van der Waals surface area (Å²) in [5, 5.41) is 10.3. The Balaban J connectivity index is 1.91. The van der Waals surface area contributed by atoms with Crippen molar-refractivity contribution in [1.82, 2.24) is 14.7 Å². The van der Waals surface area contributed by atoms with Crippen LogP contribution in [0.4, 0.5) is 4.39 Å². The highest BCUT2D eigenvalue weighted by Crippen LogP contribution is 2.16. The normalized spacial score (nSPS) is 17.8. The lowest BCUT2D eigenvalue weighted by atomic mass is 10.1. The van der Waals surface area contributed by atoms with Gasteiger partial charge < -0.3 is 14.9 Å². The number of aliphatic hydroxyl groups is 1. The lowest BCUT2D eigenvalue weighted by molar-refractivity contribution is 0.0501. The van der Waals surface area contributed by atoms with Gasteiger partial charge in [0.15, 0.2) is 0 Å². The summed E-state index contributed by atoms with van der Waals surface area (Å²) in [4.78, 5) is 18.5. The first-order valence-corrected chi connectivity index (χ1v) is 8.39. The number of amides is 1. The Kier molecular flexibility index (Phi) is 6.32. The number of rotatable bonds is 5. The van der Waals surface area contributed by atoms with E-state index in [9.17, 15) is 14.3 Å². The summed E-state index contributed by atoms with van der Waals surface area (Å²) in [7, 11) is 3.76. The summed E-state index contributed by atoms with van der Waals surface area (Å²) in [6, 6.07) is 3.13. The topological polar surface area (TPSA) is 47.0 Å². The lowest BCUT2D eigenvalue weighted by Crippen LogP contribution is -2.49. The average molecular weight is 337 g/mol. The number of β-amino-alcohol motifs (C(OH)–C–C–N with tert-alkyl or cyclic N) is 1. The van der Waals surface area contributed by atoms with Crippen LogP contribution in [0, 0.1) is 19.7 Å². The molecule has 0 radical (unpaired) electrons. The maximum atomic E-state index is 13.7. The molecule has 1 unspecified atom stereocenters. The number of benzene rings is 1. The van der Waals surface area contributed by atoms with Gasteiger partial charge in [0.1, 0.15) is 5.82 Å². The van der Waals surface area contributed by atoms with Gasteiger partial charge in [0, 0.05) is 51.9 Å². The molecule has 134 valence electrons. The maximum Gasteiger partial charge on any atom is 0.253 e. The van der Waals surface area contributed by atoms with Crippen molar-refractivity contribution in [3.8, 4) is 0 Å². The van der Waals surface area contributed by atoms with Crippen LogP contribution in [0.2, 0.25) is 0 Å². The van der Waals surface area contributed by atoms with Crippen LogP contribution in [-0.2, 0) is 0 Å². The van der Waals surface area contributed by atoms with E-state index >= 15 is 0 Å². The molecule has 1 amide bonds. The molecule has 0 aromatic heterocycles. The molecule has 0 aliphatic carbocycles. The fourth-order valence-corrected chi connectivity index (χ4v) is 3.08. The van der Waals surface area contributed by atoms with Gasteiger partial charge in [0.25, 0.3) is 5.91 Å². The Hall–Kier alpha value is -1.50. The van der Waals surface area contributed by atoms with Gasteiger partial charge in [-0.15, -0.1) is 0 Å². The van der Waals surface area contributed by atoms with Crippen molar-refractivity contribution >= 4 is 5.91 Å². The Morgan fingerprint density at radius 1 is 1.25 bits per heavy atom. The number of hydrogen-bond acceptors (Lipinski definition) is 4. The second-order valence-electron chi connectivity index (χ2n) is 6.87. The number of aryl methyl sites for hydroxylation is 2. The highest BCUT2D eigenvalue weighted by atomic mass is 19.1. The van der Waals surface area contributed by atoms with Crippen LogP contribution in [-0.4, -0.2) is 85.2 Å². The van der Waals surface area contributed by atoms with Crippen molar-refractivity contribution in [3.05, 3.63) is 34.6 Å². The molecule has 1 saturated heterocycles. The third-order valence-electron chi connectivity index (χ3n) is 4.58. The van der Waals surface area contributed by atoms with E-state index in [0.29, 0.717) is 23.2 Å². The molecular weight excluding hydrogens is 309 g/mol. The molecule has 1 N–H and O–H groups in total. The molecule has 5 nitrogen and oxygen atoms in total. The molecule has 24 heavy (non-hydrogen) atoms. The standard InChI is InChI=1S/C18H28FN3O2/c1-13-9-15(10-14(2)17(13)19)18(24)21(4)11-16(23)12-22-7-5-20(3)6-8-22/h9-10,16,23H,5-8,11-12H2,1-4H3. The van der Waals surface area contributed by atoms with Crippen LogP contribution in [0.25, 0.3) is 0 Å². The first-order chi connectivity index (χ1) is 11.3. The van der Waals surface area contributed by atoms with E-state index < -0.39 is 6.10 Å². The number of carbonyl (C=O) groups is 1. The summed E-state index contributed by atoms with van der Waals surface area (Å²) in [6.07, 6.45) is -0.593. The van der Waals surface area contributed by atoms with Crippen LogP contribution < -0.4 is 0 Å². The molecule has 0 saturated carbocycles. The van der Waals surface area contributed by atoms with Crippen LogP contribution in [0.3, 0.4) is 0 Å². The van der Waals surface area contributed by atoms with Crippen LogP contribution in [0.5, 0.6) is 0 Å². The van der Waals surface area contributed by atoms with E-state index in [2.05, 4.69) is 16.8 Å². The highest BCUT2D eigenvalue weighted by Gasteiger charge is 2.21. The minimum Gasteiger partial charge on any atom is -0.390 e. The zero-order valence-corrected chi connectivity index (χ0v) is 15.0. The van der Waals surface area contributed by atoms with Crippen molar-refractivity contribution in [2.24, 2.45) is 0 Å². The molecule has 1 aromatic rings. The van der Waals surface area contributed by atoms with Gasteiger partial charge in [-0.2, -0.15) is 0 Å². The van der Waals surface area contributed by atoms with Gasteiger partial charge in [-0.05, 0) is 44.2 Å². The van der Waals surface area contributed by atoms with E-state index in [0.717, 1.165) is 26.2 Å². The third kappa shape index (κ3) is 4.75. The molecule has 1 aromatic carbocycles. The SMILES string of the molecule is Cc1cc(C(=O)N(C)CC(O)CN2CCN(C)CC2)cc(C)c1F. The molecule has 1 heterocycles. The summed E-state index contributed by atoms with van der Waals surface area (Å²) in [5.41, 5.74) is 1.38. The van der Waals surface area contributed by atoms with E-state index in [-0.39, 0.29) is 18.3 Å². The number of piperazine rings is 1. The Morgan fingerprint density at radius 3 is 2.33 bits per heavy atom.